The van der Waals surface area contributed by atoms with E-state index in [0.29, 0.717) is 18.3 Å². The minimum Gasteiger partial charge on any atom is -0.337 e. The summed E-state index contributed by atoms with van der Waals surface area (Å²) in [6.07, 6.45) is 6.56. The van der Waals surface area contributed by atoms with Gasteiger partial charge in [0.1, 0.15) is 0 Å². The van der Waals surface area contributed by atoms with Crippen molar-refractivity contribution in [2.75, 3.05) is 19.6 Å². The van der Waals surface area contributed by atoms with Gasteiger partial charge in [0.25, 0.3) is 5.91 Å². The van der Waals surface area contributed by atoms with Gasteiger partial charge in [-0.25, -0.2) is 4.68 Å². The first kappa shape index (κ1) is 16.3. The monoisotopic (exact) mass is 339 g/mol. The Hall–Kier alpha value is -2.21. The number of nitrogens with zero attached hydrogens (tertiary/aromatic N) is 4. The molecule has 0 unspecified atom stereocenters. The van der Waals surface area contributed by atoms with Crippen LogP contribution in [0.3, 0.4) is 0 Å². The van der Waals surface area contributed by atoms with Crippen LogP contribution in [0.25, 0.3) is 0 Å². The second kappa shape index (κ2) is 7.35. The smallest absolute Gasteiger partial charge is 0.276 e. The lowest BCUT2D eigenvalue weighted by Crippen LogP contribution is -2.45. The van der Waals surface area contributed by atoms with Crippen LogP contribution in [-0.2, 0) is 6.54 Å². The molecule has 6 heteroatoms. The van der Waals surface area contributed by atoms with Crippen LogP contribution >= 0.6 is 0 Å². The molecule has 1 N–H and O–H groups in total. The van der Waals surface area contributed by atoms with E-state index < -0.39 is 0 Å². The lowest BCUT2D eigenvalue weighted by Gasteiger charge is -2.32. The molecular weight excluding hydrogens is 314 g/mol. The normalized spacial score (nSPS) is 18.5. The van der Waals surface area contributed by atoms with Crippen molar-refractivity contribution in [2.45, 2.75) is 38.3 Å². The van der Waals surface area contributed by atoms with Gasteiger partial charge in [-0.2, -0.15) is 0 Å². The molecule has 1 aliphatic heterocycles. The first-order valence-electron chi connectivity index (χ1n) is 9.24. The van der Waals surface area contributed by atoms with E-state index in [0.717, 1.165) is 44.0 Å². The number of hydrogen-bond acceptors (Lipinski definition) is 4. The van der Waals surface area contributed by atoms with E-state index in [1.807, 2.05) is 35.2 Å². The van der Waals surface area contributed by atoms with Crippen LogP contribution in [0.1, 0.15) is 41.7 Å². The lowest BCUT2D eigenvalue weighted by molar-refractivity contribution is 0.0699. The van der Waals surface area contributed by atoms with Crippen LogP contribution in [-0.4, -0.2) is 51.5 Å². The number of amides is 1. The number of benzene rings is 1. The maximum absolute atomic E-state index is 12.6. The number of carbonyl (C=O) groups is 1. The van der Waals surface area contributed by atoms with Gasteiger partial charge in [0.15, 0.2) is 5.69 Å². The zero-order valence-electron chi connectivity index (χ0n) is 14.5. The Labute approximate surface area is 148 Å². The van der Waals surface area contributed by atoms with Crippen LogP contribution < -0.4 is 5.32 Å². The number of rotatable bonds is 6. The van der Waals surface area contributed by atoms with Gasteiger partial charge in [-0.05, 0) is 43.7 Å². The number of likely N-dealkylation sites (tertiary alicyclic amines) is 1. The van der Waals surface area contributed by atoms with Gasteiger partial charge in [0.2, 0.25) is 0 Å². The van der Waals surface area contributed by atoms with Gasteiger partial charge >= 0.3 is 0 Å². The third-order valence-electron chi connectivity index (χ3n) is 5.12. The molecule has 0 spiro atoms. The van der Waals surface area contributed by atoms with E-state index in [-0.39, 0.29) is 5.91 Å². The van der Waals surface area contributed by atoms with Crippen molar-refractivity contribution in [1.82, 2.24) is 25.2 Å². The summed E-state index contributed by atoms with van der Waals surface area (Å²) in [5.41, 5.74) is 1.59. The van der Waals surface area contributed by atoms with Gasteiger partial charge in [0, 0.05) is 19.1 Å². The molecule has 1 aromatic heterocycles. The maximum Gasteiger partial charge on any atom is 0.276 e. The second-order valence-corrected chi connectivity index (χ2v) is 7.21. The quantitative estimate of drug-likeness (QED) is 0.873. The van der Waals surface area contributed by atoms with Crippen molar-refractivity contribution in [3.8, 4) is 0 Å². The molecule has 2 aromatic rings. The van der Waals surface area contributed by atoms with Crippen LogP contribution in [0.15, 0.2) is 36.5 Å². The molecule has 25 heavy (non-hydrogen) atoms. The summed E-state index contributed by atoms with van der Waals surface area (Å²) >= 11 is 0. The van der Waals surface area contributed by atoms with E-state index in [9.17, 15) is 4.79 Å². The van der Waals surface area contributed by atoms with Crippen LogP contribution in [0.2, 0.25) is 0 Å². The molecule has 2 aliphatic rings. The molecule has 1 saturated carbocycles. The van der Waals surface area contributed by atoms with Crippen molar-refractivity contribution in [1.29, 1.82) is 0 Å². The van der Waals surface area contributed by atoms with Crippen molar-refractivity contribution >= 4 is 5.91 Å². The van der Waals surface area contributed by atoms with Crippen molar-refractivity contribution < 1.29 is 4.79 Å². The van der Waals surface area contributed by atoms with Crippen LogP contribution in [0.5, 0.6) is 0 Å². The number of hydrogen-bond donors (Lipinski definition) is 1. The van der Waals surface area contributed by atoms with Crippen molar-refractivity contribution in [2.24, 2.45) is 5.92 Å². The Kier molecular flexibility index (Phi) is 4.78. The topological polar surface area (TPSA) is 63.1 Å². The first-order valence-corrected chi connectivity index (χ1v) is 9.24. The predicted molar refractivity (Wildman–Crippen MR) is 95.2 cm³/mol. The van der Waals surface area contributed by atoms with Gasteiger partial charge < -0.3 is 10.2 Å². The minimum atomic E-state index is -0.0000420. The van der Waals surface area contributed by atoms with E-state index in [1.165, 1.54) is 12.8 Å². The van der Waals surface area contributed by atoms with Crippen LogP contribution in [0.4, 0.5) is 0 Å². The first-order chi connectivity index (χ1) is 12.3. The highest BCUT2D eigenvalue weighted by Gasteiger charge is 2.27. The average molecular weight is 339 g/mol. The fourth-order valence-electron chi connectivity index (χ4n) is 3.35. The van der Waals surface area contributed by atoms with E-state index >= 15 is 0 Å². The van der Waals surface area contributed by atoms with E-state index in [4.69, 9.17) is 0 Å². The summed E-state index contributed by atoms with van der Waals surface area (Å²) in [7, 11) is 0. The van der Waals surface area contributed by atoms with Gasteiger partial charge in [0.05, 0.1) is 12.7 Å². The average Bonchev–Trinajstić information content (AvgIpc) is 3.38. The molecule has 1 saturated heterocycles. The highest BCUT2D eigenvalue weighted by Crippen LogP contribution is 2.28. The van der Waals surface area contributed by atoms with Crippen molar-refractivity contribution in [3.63, 3.8) is 0 Å². The fourth-order valence-corrected chi connectivity index (χ4v) is 3.35. The summed E-state index contributed by atoms with van der Waals surface area (Å²) in [6, 6.07) is 10.6. The van der Waals surface area contributed by atoms with Crippen molar-refractivity contribution in [3.05, 3.63) is 47.8 Å². The summed E-state index contributed by atoms with van der Waals surface area (Å²) < 4.78 is 1.73. The number of nitrogens with one attached hydrogen (secondary N) is 1. The zero-order valence-corrected chi connectivity index (χ0v) is 14.5. The molecule has 2 fully saturated rings. The molecule has 0 bridgehead atoms. The third-order valence-corrected chi connectivity index (χ3v) is 5.12. The number of piperidine rings is 1. The molecular formula is C19H25N5O. The standard InChI is InChI=1S/C19H25N5O/c25-19(23-10-8-17(9-11-23)20-12-15-6-7-15)18-14-24(22-21-18)13-16-4-2-1-3-5-16/h1-5,14-15,17,20H,6-13H2. The SMILES string of the molecule is O=C(c1cn(Cc2ccccc2)nn1)N1CCC(NCC2CC2)CC1. The summed E-state index contributed by atoms with van der Waals surface area (Å²) in [4.78, 5) is 14.5. The molecule has 132 valence electrons. The van der Waals surface area contributed by atoms with Crippen LogP contribution in [0, 0.1) is 5.92 Å². The van der Waals surface area contributed by atoms with Gasteiger partial charge in [-0.3, -0.25) is 4.79 Å². The molecule has 1 aliphatic carbocycles. The lowest BCUT2D eigenvalue weighted by atomic mass is 10.0. The van der Waals surface area contributed by atoms with Gasteiger partial charge in [-0.1, -0.05) is 35.5 Å². The number of carbonyl (C=O) groups excluding carboxylic acids is 1. The summed E-state index contributed by atoms with van der Waals surface area (Å²) in [6.45, 7) is 3.38. The highest BCUT2D eigenvalue weighted by molar-refractivity contribution is 5.92. The zero-order chi connectivity index (χ0) is 17.1. The molecule has 1 aromatic carbocycles. The van der Waals surface area contributed by atoms with E-state index in [1.54, 1.807) is 10.9 Å². The maximum atomic E-state index is 12.6. The summed E-state index contributed by atoms with van der Waals surface area (Å²) in [5, 5.41) is 11.8. The molecule has 4 rings (SSSR count). The number of aromatic nitrogens is 3. The molecule has 0 atom stereocenters. The fraction of sp³-hybridized carbons (Fsp3) is 0.526. The molecule has 0 radical (unpaired) electrons. The third kappa shape index (κ3) is 4.25. The Balaban J connectivity index is 1.29. The largest absolute Gasteiger partial charge is 0.337 e. The Morgan fingerprint density at radius 2 is 1.88 bits per heavy atom. The Morgan fingerprint density at radius 1 is 1.12 bits per heavy atom. The second-order valence-electron chi connectivity index (χ2n) is 7.21. The molecule has 1 amide bonds. The van der Waals surface area contributed by atoms with E-state index in [2.05, 4.69) is 15.6 Å². The Morgan fingerprint density at radius 3 is 2.60 bits per heavy atom. The minimum absolute atomic E-state index is 0.0000420. The molecule has 6 nitrogen and oxygen atoms in total. The highest BCUT2D eigenvalue weighted by atomic mass is 16.2. The predicted octanol–water partition coefficient (Wildman–Crippen LogP) is 1.93. The summed E-state index contributed by atoms with van der Waals surface area (Å²) in [5.74, 6) is 0.902. The Bertz CT molecular complexity index is 702. The van der Waals surface area contributed by atoms with Gasteiger partial charge in [-0.15, -0.1) is 5.10 Å². The molecule has 2 heterocycles.